The molecule has 0 unspecified atom stereocenters. The minimum absolute atomic E-state index is 0.0202. The molecule has 0 bridgehead atoms. The zero-order valence-corrected chi connectivity index (χ0v) is 7.32. The van der Waals surface area contributed by atoms with Gasteiger partial charge >= 0.3 is 0 Å². The first-order valence-corrected chi connectivity index (χ1v) is 3.74. The van der Waals surface area contributed by atoms with E-state index in [1.165, 1.54) is 0 Å². The Morgan fingerprint density at radius 2 is 1.92 bits per heavy atom. The van der Waals surface area contributed by atoms with E-state index in [4.69, 9.17) is 9.84 Å². The van der Waals surface area contributed by atoms with Crippen LogP contribution < -0.4 is 9.64 Å². The summed E-state index contributed by atoms with van der Waals surface area (Å²) in [6.45, 7) is 0.0202. The van der Waals surface area contributed by atoms with Crippen LogP contribution in [0.15, 0.2) is 24.3 Å². The number of anilines is 1. The molecular weight excluding hydrogens is 154 g/mol. The lowest BCUT2D eigenvalue weighted by atomic mass is 10.3. The van der Waals surface area contributed by atoms with E-state index in [0.29, 0.717) is 0 Å². The molecular formula is C9H13NO2. The van der Waals surface area contributed by atoms with Crippen LogP contribution in [-0.2, 0) is 0 Å². The van der Waals surface area contributed by atoms with E-state index in [9.17, 15) is 0 Å². The molecule has 0 aliphatic carbocycles. The molecule has 66 valence electrons. The molecule has 0 atom stereocenters. The molecule has 1 aromatic rings. The van der Waals surface area contributed by atoms with Crippen LogP contribution in [0.3, 0.4) is 0 Å². The third-order valence-electron chi connectivity index (χ3n) is 1.73. The van der Waals surface area contributed by atoms with Crippen LogP contribution in [0.25, 0.3) is 0 Å². The standard InChI is InChI=1S/C9H13NO2/c1-10(7-11)8-3-5-9(12-2)6-4-8/h3-6,11H,7H2,1-2H3. The largest absolute Gasteiger partial charge is 0.497 e. The summed E-state index contributed by atoms with van der Waals surface area (Å²) in [6, 6.07) is 7.52. The Hall–Kier alpha value is -1.22. The van der Waals surface area contributed by atoms with E-state index >= 15 is 0 Å². The monoisotopic (exact) mass is 167 g/mol. The van der Waals surface area contributed by atoms with Gasteiger partial charge in [0, 0.05) is 12.7 Å². The van der Waals surface area contributed by atoms with E-state index in [1.807, 2.05) is 31.3 Å². The number of ether oxygens (including phenoxy) is 1. The maximum atomic E-state index is 8.81. The molecule has 0 fully saturated rings. The summed E-state index contributed by atoms with van der Waals surface area (Å²) in [7, 11) is 3.45. The van der Waals surface area contributed by atoms with Crippen molar-refractivity contribution in [3.05, 3.63) is 24.3 Å². The Morgan fingerprint density at radius 3 is 2.33 bits per heavy atom. The molecule has 0 amide bonds. The fraction of sp³-hybridized carbons (Fsp3) is 0.333. The Morgan fingerprint density at radius 1 is 1.33 bits per heavy atom. The van der Waals surface area contributed by atoms with Gasteiger partial charge in [-0.2, -0.15) is 0 Å². The van der Waals surface area contributed by atoms with Gasteiger partial charge in [0.15, 0.2) is 0 Å². The third-order valence-corrected chi connectivity index (χ3v) is 1.73. The number of rotatable bonds is 3. The normalized spacial score (nSPS) is 9.58. The van der Waals surface area contributed by atoms with Crippen LogP contribution in [0, 0.1) is 0 Å². The van der Waals surface area contributed by atoms with E-state index in [1.54, 1.807) is 12.0 Å². The number of benzene rings is 1. The number of methoxy groups -OCH3 is 1. The second kappa shape index (κ2) is 3.97. The quantitative estimate of drug-likeness (QED) is 0.684. The first-order valence-electron chi connectivity index (χ1n) is 3.74. The summed E-state index contributed by atoms with van der Waals surface area (Å²) in [5.74, 6) is 0.824. The number of hydrogen-bond acceptors (Lipinski definition) is 3. The predicted octanol–water partition coefficient (Wildman–Crippen LogP) is 1.08. The summed E-state index contributed by atoms with van der Waals surface area (Å²) in [5.41, 5.74) is 0.971. The summed E-state index contributed by atoms with van der Waals surface area (Å²) in [6.07, 6.45) is 0. The summed E-state index contributed by atoms with van der Waals surface area (Å²) < 4.78 is 5.00. The second-order valence-corrected chi connectivity index (χ2v) is 2.54. The first kappa shape index (κ1) is 8.87. The van der Waals surface area contributed by atoms with Crippen molar-refractivity contribution in [1.82, 2.24) is 0 Å². The number of aliphatic hydroxyl groups is 1. The molecule has 0 saturated heterocycles. The van der Waals surface area contributed by atoms with Crippen LogP contribution in [0.5, 0.6) is 5.75 Å². The van der Waals surface area contributed by atoms with E-state index in [0.717, 1.165) is 11.4 Å². The Kier molecular flexibility index (Phi) is 2.94. The Bertz CT molecular complexity index is 233. The number of aliphatic hydroxyl groups excluding tert-OH is 1. The lowest BCUT2D eigenvalue weighted by Crippen LogP contribution is -2.17. The van der Waals surface area contributed by atoms with Crippen LogP contribution >= 0.6 is 0 Å². The van der Waals surface area contributed by atoms with Crippen molar-refractivity contribution in [3.8, 4) is 5.75 Å². The summed E-state index contributed by atoms with van der Waals surface area (Å²) >= 11 is 0. The van der Waals surface area contributed by atoms with Gasteiger partial charge in [-0.1, -0.05) is 0 Å². The molecule has 0 aromatic heterocycles. The highest BCUT2D eigenvalue weighted by molar-refractivity contribution is 5.47. The van der Waals surface area contributed by atoms with Crippen LogP contribution in [0.1, 0.15) is 0 Å². The Balaban J connectivity index is 2.77. The highest BCUT2D eigenvalue weighted by atomic mass is 16.5. The molecule has 3 heteroatoms. The molecule has 0 spiro atoms. The van der Waals surface area contributed by atoms with Gasteiger partial charge in [-0.25, -0.2) is 0 Å². The van der Waals surface area contributed by atoms with Gasteiger partial charge < -0.3 is 14.7 Å². The molecule has 12 heavy (non-hydrogen) atoms. The summed E-state index contributed by atoms with van der Waals surface area (Å²) in [4.78, 5) is 1.74. The maximum Gasteiger partial charge on any atom is 0.119 e. The second-order valence-electron chi connectivity index (χ2n) is 2.54. The molecule has 0 radical (unpaired) electrons. The summed E-state index contributed by atoms with van der Waals surface area (Å²) in [5, 5.41) is 8.81. The van der Waals surface area contributed by atoms with Crippen molar-refractivity contribution >= 4 is 5.69 Å². The van der Waals surface area contributed by atoms with Gasteiger partial charge in [0.2, 0.25) is 0 Å². The van der Waals surface area contributed by atoms with Gasteiger partial charge in [0.25, 0.3) is 0 Å². The van der Waals surface area contributed by atoms with Crippen LogP contribution in [-0.4, -0.2) is 26.0 Å². The van der Waals surface area contributed by atoms with E-state index in [-0.39, 0.29) is 6.73 Å². The van der Waals surface area contributed by atoms with E-state index < -0.39 is 0 Å². The van der Waals surface area contributed by atoms with Crippen molar-refractivity contribution < 1.29 is 9.84 Å². The molecule has 1 rings (SSSR count). The predicted molar refractivity (Wildman–Crippen MR) is 48.5 cm³/mol. The maximum absolute atomic E-state index is 8.81. The molecule has 1 N–H and O–H groups in total. The SMILES string of the molecule is COc1ccc(N(C)CO)cc1. The van der Waals surface area contributed by atoms with Crippen LogP contribution in [0.4, 0.5) is 5.69 Å². The van der Waals surface area contributed by atoms with Crippen molar-refractivity contribution in [1.29, 1.82) is 0 Å². The van der Waals surface area contributed by atoms with Crippen molar-refractivity contribution in [2.24, 2.45) is 0 Å². The van der Waals surface area contributed by atoms with Gasteiger partial charge in [-0.3, -0.25) is 0 Å². The lowest BCUT2D eigenvalue weighted by Gasteiger charge is -2.15. The van der Waals surface area contributed by atoms with Crippen LogP contribution in [0.2, 0.25) is 0 Å². The molecule has 0 saturated carbocycles. The zero-order valence-electron chi connectivity index (χ0n) is 7.32. The minimum Gasteiger partial charge on any atom is -0.497 e. The molecule has 1 aromatic carbocycles. The first-order chi connectivity index (χ1) is 5.77. The number of hydrogen-bond donors (Lipinski definition) is 1. The average molecular weight is 167 g/mol. The third kappa shape index (κ3) is 1.89. The van der Waals surface area contributed by atoms with Gasteiger partial charge in [-0.15, -0.1) is 0 Å². The Labute approximate surface area is 72.2 Å². The van der Waals surface area contributed by atoms with Gasteiger partial charge in [-0.05, 0) is 24.3 Å². The van der Waals surface area contributed by atoms with Gasteiger partial charge in [0.05, 0.1) is 7.11 Å². The molecule has 0 aliphatic rings. The van der Waals surface area contributed by atoms with Crippen molar-refractivity contribution in [2.45, 2.75) is 0 Å². The minimum atomic E-state index is 0.0202. The highest BCUT2D eigenvalue weighted by Gasteiger charge is 1.97. The molecule has 0 aliphatic heterocycles. The molecule has 3 nitrogen and oxygen atoms in total. The number of nitrogens with zero attached hydrogens (tertiary/aromatic N) is 1. The van der Waals surface area contributed by atoms with Crippen molar-refractivity contribution in [3.63, 3.8) is 0 Å². The highest BCUT2D eigenvalue weighted by Crippen LogP contribution is 2.17. The zero-order chi connectivity index (χ0) is 8.97. The topological polar surface area (TPSA) is 32.7 Å². The molecule has 0 heterocycles. The average Bonchev–Trinajstić information content (AvgIpc) is 2.17. The van der Waals surface area contributed by atoms with E-state index in [2.05, 4.69) is 0 Å². The smallest absolute Gasteiger partial charge is 0.119 e. The fourth-order valence-electron chi connectivity index (χ4n) is 0.918. The van der Waals surface area contributed by atoms with Gasteiger partial charge in [0.1, 0.15) is 12.5 Å². The fourth-order valence-corrected chi connectivity index (χ4v) is 0.918. The lowest BCUT2D eigenvalue weighted by molar-refractivity contribution is 0.298. The van der Waals surface area contributed by atoms with Crippen molar-refractivity contribution in [2.75, 3.05) is 25.8 Å².